The normalized spacial score (nSPS) is 17.2. The van der Waals surface area contributed by atoms with E-state index in [1.807, 2.05) is 18.2 Å². The Bertz CT molecular complexity index is 420. The average Bonchev–Trinajstić information content (AvgIpc) is 2.32. The van der Waals surface area contributed by atoms with Crippen LogP contribution in [0.4, 0.5) is 5.69 Å². The summed E-state index contributed by atoms with van der Waals surface area (Å²) in [6, 6.07) is 6.43. The van der Waals surface area contributed by atoms with Crippen LogP contribution in [0.15, 0.2) is 18.2 Å². The van der Waals surface area contributed by atoms with Gasteiger partial charge >= 0.3 is 0 Å². The summed E-state index contributed by atoms with van der Waals surface area (Å²) in [5.74, 6) is 0.400. The van der Waals surface area contributed by atoms with Gasteiger partial charge in [0.1, 0.15) is 5.78 Å². The van der Waals surface area contributed by atoms with Crippen molar-refractivity contribution in [3.8, 4) is 0 Å². The van der Waals surface area contributed by atoms with E-state index in [4.69, 9.17) is 11.6 Å². The molecule has 1 fully saturated rings. The van der Waals surface area contributed by atoms with Gasteiger partial charge in [0.05, 0.1) is 0 Å². The Morgan fingerprint density at radius 2 is 1.94 bits per heavy atom. The van der Waals surface area contributed by atoms with Crippen LogP contribution in [-0.2, 0) is 4.79 Å². The van der Waals surface area contributed by atoms with Crippen molar-refractivity contribution in [1.29, 1.82) is 0 Å². The number of benzene rings is 1. The van der Waals surface area contributed by atoms with E-state index in [1.165, 1.54) is 11.3 Å². The highest BCUT2D eigenvalue weighted by Gasteiger charge is 2.23. The number of rotatable bonds is 2. The standard InChI is InChI=1S/C14H18ClNO/c1-10-3-4-11(15)9-14(10)16(2)12-5-7-13(17)8-6-12/h3-4,9,12H,5-8H2,1-2H3. The van der Waals surface area contributed by atoms with Gasteiger partial charge in [-0.1, -0.05) is 17.7 Å². The molecule has 0 spiro atoms. The van der Waals surface area contributed by atoms with Crippen molar-refractivity contribution in [3.05, 3.63) is 28.8 Å². The molecule has 1 saturated carbocycles. The minimum atomic E-state index is 0.400. The summed E-state index contributed by atoms with van der Waals surface area (Å²) in [5, 5.41) is 0.768. The predicted octanol–water partition coefficient (Wildman–Crippen LogP) is 3.60. The lowest BCUT2D eigenvalue weighted by Crippen LogP contribution is -2.35. The second kappa shape index (κ2) is 5.09. The lowest BCUT2D eigenvalue weighted by atomic mass is 9.93. The summed E-state index contributed by atoms with van der Waals surface area (Å²) in [4.78, 5) is 13.5. The van der Waals surface area contributed by atoms with Crippen LogP contribution in [-0.4, -0.2) is 18.9 Å². The van der Waals surface area contributed by atoms with E-state index >= 15 is 0 Å². The Morgan fingerprint density at radius 1 is 1.29 bits per heavy atom. The van der Waals surface area contributed by atoms with Gasteiger partial charge in [-0.15, -0.1) is 0 Å². The van der Waals surface area contributed by atoms with Crippen molar-refractivity contribution in [2.24, 2.45) is 0 Å². The molecule has 0 unspecified atom stereocenters. The van der Waals surface area contributed by atoms with Crippen LogP contribution in [0.5, 0.6) is 0 Å². The molecule has 92 valence electrons. The van der Waals surface area contributed by atoms with Gasteiger partial charge in [-0.25, -0.2) is 0 Å². The van der Waals surface area contributed by atoms with Gasteiger partial charge in [0, 0.05) is 36.6 Å². The van der Waals surface area contributed by atoms with Crippen molar-refractivity contribution >= 4 is 23.1 Å². The summed E-state index contributed by atoms with van der Waals surface area (Å²) in [7, 11) is 2.10. The number of hydrogen-bond acceptors (Lipinski definition) is 2. The molecule has 0 atom stereocenters. The molecule has 1 aliphatic carbocycles. The first-order valence-electron chi connectivity index (χ1n) is 6.08. The van der Waals surface area contributed by atoms with E-state index in [2.05, 4.69) is 18.9 Å². The van der Waals surface area contributed by atoms with Crippen molar-refractivity contribution in [3.63, 3.8) is 0 Å². The number of carbonyl (C=O) groups excluding carboxylic acids is 1. The maximum atomic E-state index is 11.2. The Kier molecular flexibility index (Phi) is 3.72. The maximum Gasteiger partial charge on any atom is 0.133 e. The molecule has 0 aromatic heterocycles. The third-order valence-corrected chi connectivity index (χ3v) is 3.85. The van der Waals surface area contributed by atoms with E-state index < -0.39 is 0 Å². The molecule has 2 rings (SSSR count). The van der Waals surface area contributed by atoms with E-state index in [1.54, 1.807) is 0 Å². The summed E-state index contributed by atoms with van der Waals surface area (Å²) in [6.45, 7) is 2.09. The zero-order valence-corrected chi connectivity index (χ0v) is 11.1. The largest absolute Gasteiger partial charge is 0.371 e. The van der Waals surface area contributed by atoms with E-state index in [9.17, 15) is 4.79 Å². The lowest BCUT2D eigenvalue weighted by molar-refractivity contribution is -0.120. The van der Waals surface area contributed by atoms with Crippen LogP contribution in [0.3, 0.4) is 0 Å². The topological polar surface area (TPSA) is 20.3 Å². The third kappa shape index (κ3) is 2.81. The smallest absolute Gasteiger partial charge is 0.133 e. The number of aryl methyl sites for hydroxylation is 1. The zero-order chi connectivity index (χ0) is 12.4. The van der Waals surface area contributed by atoms with Gasteiger partial charge < -0.3 is 4.90 Å². The Labute approximate surface area is 108 Å². The second-order valence-electron chi connectivity index (χ2n) is 4.81. The fraction of sp³-hybridized carbons (Fsp3) is 0.500. The summed E-state index contributed by atoms with van der Waals surface area (Å²) < 4.78 is 0. The molecule has 3 heteroatoms. The first-order chi connectivity index (χ1) is 8.08. The first kappa shape index (κ1) is 12.4. The molecule has 0 radical (unpaired) electrons. The van der Waals surface area contributed by atoms with Crippen LogP contribution in [0.1, 0.15) is 31.2 Å². The number of Topliss-reactive ketones (excluding diaryl/α,β-unsaturated/α-hetero) is 1. The number of halogens is 1. The van der Waals surface area contributed by atoms with Crippen molar-refractivity contribution < 1.29 is 4.79 Å². The zero-order valence-electron chi connectivity index (χ0n) is 10.4. The molecule has 2 nitrogen and oxygen atoms in total. The Hall–Kier alpha value is -1.02. The van der Waals surface area contributed by atoms with Gasteiger partial charge in [-0.05, 0) is 37.5 Å². The van der Waals surface area contributed by atoms with Crippen molar-refractivity contribution in [2.75, 3.05) is 11.9 Å². The number of ketones is 1. The van der Waals surface area contributed by atoms with E-state index in [0.29, 0.717) is 24.7 Å². The fourth-order valence-corrected chi connectivity index (χ4v) is 2.64. The van der Waals surface area contributed by atoms with Gasteiger partial charge in [0.15, 0.2) is 0 Å². The number of nitrogens with zero attached hydrogens (tertiary/aromatic N) is 1. The third-order valence-electron chi connectivity index (χ3n) is 3.61. The molecule has 0 N–H and O–H groups in total. The van der Waals surface area contributed by atoms with Crippen molar-refractivity contribution in [1.82, 2.24) is 0 Å². The monoisotopic (exact) mass is 251 g/mol. The number of hydrogen-bond donors (Lipinski definition) is 0. The number of anilines is 1. The summed E-state index contributed by atoms with van der Waals surface area (Å²) >= 11 is 6.04. The number of carbonyl (C=O) groups is 1. The van der Waals surface area contributed by atoms with Crippen molar-refractivity contribution in [2.45, 2.75) is 38.6 Å². The van der Waals surface area contributed by atoms with Crippen LogP contribution in [0.2, 0.25) is 5.02 Å². The minimum absolute atomic E-state index is 0.400. The molecule has 17 heavy (non-hydrogen) atoms. The summed E-state index contributed by atoms with van der Waals surface area (Å²) in [6.07, 6.45) is 3.35. The van der Waals surface area contributed by atoms with Gasteiger partial charge in [0.2, 0.25) is 0 Å². The molecule has 1 aliphatic rings. The minimum Gasteiger partial charge on any atom is -0.371 e. The second-order valence-corrected chi connectivity index (χ2v) is 5.25. The predicted molar refractivity (Wildman–Crippen MR) is 71.9 cm³/mol. The molecular weight excluding hydrogens is 234 g/mol. The summed E-state index contributed by atoms with van der Waals surface area (Å²) in [5.41, 5.74) is 2.41. The Morgan fingerprint density at radius 3 is 2.59 bits per heavy atom. The van der Waals surface area contributed by atoms with Crippen LogP contribution < -0.4 is 4.90 Å². The molecular formula is C14H18ClNO. The molecule has 0 saturated heterocycles. The average molecular weight is 252 g/mol. The first-order valence-corrected chi connectivity index (χ1v) is 6.46. The molecule has 1 aromatic rings. The molecule has 0 amide bonds. The Balaban J connectivity index is 2.16. The van der Waals surface area contributed by atoms with E-state index in [0.717, 1.165) is 17.9 Å². The van der Waals surface area contributed by atoms with Gasteiger partial charge in [0.25, 0.3) is 0 Å². The molecule has 0 aliphatic heterocycles. The highest BCUT2D eigenvalue weighted by molar-refractivity contribution is 6.30. The molecule has 0 heterocycles. The lowest BCUT2D eigenvalue weighted by Gasteiger charge is -2.33. The van der Waals surface area contributed by atoms with Crippen LogP contribution in [0, 0.1) is 6.92 Å². The highest BCUT2D eigenvalue weighted by Crippen LogP contribution is 2.29. The molecule has 0 bridgehead atoms. The highest BCUT2D eigenvalue weighted by atomic mass is 35.5. The molecule has 1 aromatic carbocycles. The quantitative estimate of drug-likeness (QED) is 0.801. The maximum absolute atomic E-state index is 11.2. The van der Waals surface area contributed by atoms with Gasteiger partial charge in [-0.3, -0.25) is 4.79 Å². The van der Waals surface area contributed by atoms with Gasteiger partial charge in [-0.2, -0.15) is 0 Å². The fourth-order valence-electron chi connectivity index (χ4n) is 2.47. The SMILES string of the molecule is Cc1ccc(Cl)cc1N(C)C1CCC(=O)CC1. The van der Waals surface area contributed by atoms with Crippen LogP contribution >= 0.6 is 11.6 Å². The van der Waals surface area contributed by atoms with Crippen LogP contribution in [0.25, 0.3) is 0 Å². The van der Waals surface area contributed by atoms with E-state index in [-0.39, 0.29) is 0 Å².